The molecule has 2 aromatic rings. The summed E-state index contributed by atoms with van der Waals surface area (Å²) in [6.45, 7) is 5.02. The Balaban J connectivity index is 2.08. The van der Waals surface area contributed by atoms with E-state index in [9.17, 15) is 4.79 Å². The number of hydrogen-bond acceptors (Lipinski definition) is 2. The standard InChI is InChI=1S/C17H19BrN2O/c1-3-11-19-14-9-7-13(8-10-14)17(21)20-16-6-4-5-15(18)12(16)2/h4-10,19H,3,11H2,1-2H3,(H,20,21). The SMILES string of the molecule is CCCNc1ccc(C(=O)Nc2cccc(Br)c2C)cc1. The summed E-state index contributed by atoms with van der Waals surface area (Å²) in [5.41, 5.74) is 3.53. The summed E-state index contributed by atoms with van der Waals surface area (Å²) in [4.78, 5) is 12.3. The number of amides is 1. The molecule has 0 unspecified atom stereocenters. The number of carbonyl (C=O) groups excluding carboxylic acids is 1. The molecule has 0 aromatic heterocycles. The molecule has 0 aliphatic rings. The monoisotopic (exact) mass is 346 g/mol. The van der Waals surface area contributed by atoms with Crippen molar-refractivity contribution in [1.82, 2.24) is 0 Å². The molecule has 0 spiro atoms. The number of rotatable bonds is 5. The Morgan fingerprint density at radius 3 is 2.52 bits per heavy atom. The van der Waals surface area contributed by atoms with E-state index >= 15 is 0 Å². The lowest BCUT2D eigenvalue weighted by Gasteiger charge is -2.10. The van der Waals surface area contributed by atoms with Crippen LogP contribution < -0.4 is 10.6 Å². The van der Waals surface area contributed by atoms with Crippen LogP contribution in [0.25, 0.3) is 0 Å². The van der Waals surface area contributed by atoms with E-state index in [0.717, 1.165) is 34.4 Å². The van der Waals surface area contributed by atoms with Crippen LogP contribution in [0.15, 0.2) is 46.9 Å². The molecule has 21 heavy (non-hydrogen) atoms. The molecule has 0 aliphatic heterocycles. The van der Waals surface area contributed by atoms with Gasteiger partial charge in [-0.25, -0.2) is 0 Å². The van der Waals surface area contributed by atoms with Crippen LogP contribution in [0.1, 0.15) is 29.3 Å². The molecule has 1 amide bonds. The highest BCUT2D eigenvalue weighted by atomic mass is 79.9. The number of carbonyl (C=O) groups is 1. The van der Waals surface area contributed by atoms with Crippen molar-refractivity contribution in [3.05, 3.63) is 58.1 Å². The normalized spacial score (nSPS) is 10.2. The molecular formula is C17H19BrN2O. The van der Waals surface area contributed by atoms with Crippen LogP contribution in [-0.2, 0) is 0 Å². The zero-order chi connectivity index (χ0) is 15.2. The second-order valence-electron chi connectivity index (χ2n) is 4.87. The lowest BCUT2D eigenvalue weighted by molar-refractivity contribution is 0.102. The van der Waals surface area contributed by atoms with Gasteiger partial charge in [-0.1, -0.05) is 28.9 Å². The average molecular weight is 347 g/mol. The molecule has 0 saturated heterocycles. The maximum Gasteiger partial charge on any atom is 0.255 e. The molecule has 0 saturated carbocycles. The lowest BCUT2D eigenvalue weighted by atomic mass is 10.1. The van der Waals surface area contributed by atoms with Gasteiger partial charge < -0.3 is 10.6 Å². The molecule has 2 aromatic carbocycles. The zero-order valence-corrected chi connectivity index (χ0v) is 13.8. The Morgan fingerprint density at radius 2 is 1.86 bits per heavy atom. The summed E-state index contributed by atoms with van der Waals surface area (Å²) in [6, 6.07) is 13.3. The van der Waals surface area contributed by atoms with Crippen molar-refractivity contribution in [3.63, 3.8) is 0 Å². The van der Waals surface area contributed by atoms with Gasteiger partial charge >= 0.3 is 0 Å². The van der Waals surface area contributed by atoms with Crippen LogP contribution in [0, 0.1) is 6.92 Å². The van der Waals surface area contributed by atoms with Gasteiger partial charge in [0.25, 0.3) is 5.91 Å². The van der Waals surface area contributed by atoms with Crippen LogP contribution in [0.5, 0.6) is 0 Å². The van der Waals surface area contributed by atoms with Crippen molar-refractivity contribution in [2.75, 3.05) is 17.2 Å². The third-order valence-electron chi connectivity index (χ3n) is 3.24. The smallest absolute Gasteiger partial charge is 0.255 e. The third kappa shape index (κ3) is 4.08. The van der Waals surface area contributed by atoms with Gasteiger partial charge in [-0.05, 0) is 55.3 Å². The molecule has 2 rings (SSSR count). The van der Waals surface area contributed by atoms with E-state index < -0.39 is 0 Å². The van der Waals surface area contributed by atoms with E-state index in [1.165, 1.54) is 0 Å². The topological polar surface area (TPSA) is 41.1 Å². The Kier molecular flexibility index (Phi) is 5.39. The second kappa shape index (κ2) is 7.27. The molecule has 0 fully saturated rings. The predicted octanol–water partition coefficient (Wildman–Crippen LogP) is 4.83. The van der Waals surface area contributed by atoms with E-state index in [-0.39, 0.29) is 5.91 Å². The number of benzene rings is 2. The Labute approximate surface area is 133 Å². The highest BCUT2D eigenvalue weighted by Gasteiger charge is 2.08. The largest absolute Gasteiger partial charge is 0.385 e. The first-order valence-electron chi connectivity index (χ1n) is 7.02. The number of nitrogens with one attached hydrogen (secondary N) is 2. The summed E-state index contributed by atoms with van der Waals surface area (Å²) in [7, 11) is 0. The van der Waals surface area contributed by atoms with Gasteiger partial charge in [-0.15, -0.1) is 0 Å². The van der Waals surface area contributed by atoms with Crippen molar-refractivity contribution in [1.29, 1.82) is 0 Å². The van der Waals surface area contributed by atoms with E-state index in [2.05, 4.69) is 33.5 Å². The molecule has 0 aliphatic carbocycles. The first kappa shape index (κ1) is 15.6. The van der Waals surface area contributed by atoms with Gasteiger partial charge in [0, 0.05) is 28.0 Å². The van der Waals surface area contributed by atoms with Gasteiger partial charge in [-0.3, -0.25) is 4.79 Å². The number of halogens is 1. The van der Waals surface area contributed by atoms with Crippen molar-refractivity contribution in [2.24, 2.45) is 0 Å². The summed E-state index contributed by atoms with van der Waals surface area (Å²) >= 11 is 3.47. The predicted molar refractivity (Wildman–Crippen MR) is 92.1 cm³/mol. The summed E-state index contributed by atoms with van der Waals surface area (Å²) < 4.78 is 0.986. The molecular weight excluding hydrogens is 328 g/mol. The first-order chi connectivity index (χ1) is 10.1. The fraction of sp³-hybridized carbons (Fsp3) is 0.235. The van der Waals surface area contributed by atoms with E-state index in [0.29, 0.717) is 5.56 Å². The number of hydrogen-bond donors (Lipinski definition) is 2. The van der Waals surface area contributed by atoms with Crippen LogP contribution >= 0.6 is 15.9 Å². The van der Waals surface area contributed by atoms with Gasteiger partial charge in [0.05, 0.1) is 0 Å². The Morgan fingerprint density at radius 1 is 1.14 bits per heavy atom. The number of anilines is 2. The van der Waals surface area contributed by atoms with E-state index in [4.69, 9.17) is 0 Å². The van der Waals surface area contributed by atoms with Crippen molar-refractivity contribution in [3.8, 4) is 0 Å². The molecule has 4 heteroatoms. The molecule has 2 N–H and O–H groups in total. The molecule has 3 nitrogen and oxygen atoms in total. The highest BCUT2D eigenvalue weighted by molar-refractivity contribution is 9.10. The molecule has 0 heterocycles. The highest BCUT2D eigenvalue weighted by Crippen LogP contribution is 2.24. The Bertz CT molecular complexity index is 623. The van der Waals surface area contributed by atoms with Gasteiger partial charge in [-0.2, -0.15) is 0 Å². The minimum absolute atomic E-state index is 0.0989. The van der Waals surface area contributed by atoms with Crippen LogP contribution in [0.2, 0.25) is 0 Å². The fourth-order valence-corrected chi connectivity index (χ4v) is 2.31. The molecule has 0 radical (unpaired) electrons. The minimum atomic E-state index is -0.0989. The van der Waals surface area contributed by atoms with Crippen molar-refractivity contribution < 1.29 is 4.79 Å². The maximum atomic E-state index is 12.3. The van der Waals surface area contributed by atoms with Crippen molar-refractivity contribution in [2.45, 2.75) is 20.3 Å². The van der Waals surface area contributed by atoms with E-state index in [1.54, 1.807) is 0 Å². The molecule has 0 bridgehead atoms. The minimum Gasteiger partial charge on any atom is -0.385 e. The van der Waals surface area contributed by atoms with Gasteiger partial charge in [0.15, 0.2) is 0 Å². The van der Waals surface area contributed by atoms with Gasteiger partial charge in [0.1, 0.15) is 0 Å². The quantitative estimate of drug-likeness (QED) is 0.813. The zero-order valence-electron chi connectivity index (χ0n) is 12.2. The summed E-state index contributed by atoms with van der Waals surface area (Å²) in [5.74, 6) is -0.0989. The summed E-state index contributed by atoms with van der Waals surface area (Å²) in [5, 5.41) is 6.23. The van der Waals surface area contributed by atoms with Crippen LogP contribution in [0.3, 0.4) is 0 Å². The maximum absolute atomic E-state index is 12.3. The fourth-order valence-electron chi connectivity index (χ4n) is 1.95. The van der Waals surface area contributed by atoms with Crippen molar-refractivity contribution >= 4 is 33.2 Å². The Hall–Kier alpha value is -1.81. The average Bonchev–Trinajstić information content (AvgIpc) is 2.50. The van der Waals surface area contributed by atoms with E-state index in [1.807, 2.05) is 49.4 Å². The second-order valence-corrected chi connectivity index (χ2v) is 5.72. The molecule has 0 atom stereocenters. The lowest BCUT2D eigenvalue weighted by Crippen LogP contribution is -2.13. The van der Waals surface area contributed by atoms with Crippen LogP contribution in [0.4, 0.5) is 11.4 Å². The molecule has 110 valence electrons. The first-order valence-corrected chi connectivity index (χ1v) is 7.81. The third-order valence-corrected chi connectivity index (χ3v) is 4.10. The van der Waals surface area contributed by atoms with Crippen LogP contribution in [-0.4, -0.2) is 12.5 Å². The van der Waals surface area contributed by atoms with Gasteiger partial charge in [0.2, 0.25) is 0 Å². The summed E-state index contributed by atoms with van der Waals surface area (Å²) in [6.07, 6.45) is 1.07.